The van der Waals surface area contributed by atoms with Gasteiger partial charge >= 0.3 is 17.9 Å². The molecule has 0 N–H and O–H groups in total. The maximum Gasteiger partial charge on any atom is 0.338 e. The first-order chi connectivity index (χ1) is 15.6. The highest BCUT2D eigenvalue weighted by Gasteiger charge is 2.32. The van der Waals surface area contributed by atoms with Crippen LogP contribution in [0.25, 0.3) is 11.1 Å². The lowest BCUT2D eigenvalue weighted by molar-refractivity contribution is -0.143. The van der Waals surface area contributed by atoms with Crippen molar-refractivity contribution in [1.29, 1.82) is 0 Å². The molecule has 0 heterocycles. The quantitative estimate of drug-likeness (QED) is 0.329. The van der Waals surface area contributed by atoms with Gasteiger partial charge in [0.25, 0.3) is 0 Å². The summed E-state index contributed by atoms with van der Waals surface area (Å²) in [5.74, 6) is -2.24. The minimum Gasteiger partial charge on any atom is -0.454 e. The number of carbonyl (C=O) groups excluding carboxylic acids is 3. The van der Waals surface area contributed by atoms with E-state index < -0.39 is 29.8 Å². The maximum atomic E-state index is 15.0. The van der Waals surface area contributed by atoms with E-state index >= 15 is 4.39 Å². The van der Waals surface area contributed by atoms with Gasteiger partial charge in [-0.05, 0) is 56.0 Å². The molecule has 0 fully saturated rings. The van der Waals surface area contributed by atoms with Gasteiger partial charge in [0.05, 0.1) is 0 Å². The predicted octanol–water partition coefficient (Wildman–Crippen LogP) is 5.17. The van der Waals surface area contributed by atoms with Crippen molar-refractivity contribution in [2.45, 2.75) is 32.8 Å². The number of rotatable bonds is 7. The van der Waals surface area contributed by atoms with Gasteiger partial charge in [-0.1, -0.05) is 25.8 Å². The summed E-state index contributed by atoms with van der Waals surface area (Å²) in [7, 11) is 0. The van der Waals surface area contributed by atoms with Gasteiger partial charge in [-0.3, -0.25) is 0 Å². The SMILES string of the molecule is C=CC(=O)OC1CCc2c(-c3ccc(OC(=O)C(=C)C)cc3F)ccc(OC(=O)C(=C)C)c21. The average Bonchev–Trinajstić information content (AvgIpc) is 3.18. The van der Waals surface area contributed by atoms with Crippen LogP contribution in [0.4, 0.5) is 4.39 Å². The Kier molecular flexibility index (Phi) is 6.92. The zero-order chi connectivity index (χ0) is 24.3. The molecule has 7 heteroatoms. The first kappa shape index (κ1) is 23.7. The van der Waals surface area contributed by atoms with Crippen LogP contribution >= 0.6 is 0 Å². The van der Waals surface area contributed by atoms with Crippen molar-refractivity contribution in [2.24, 2.45) is 0 Å². The molecule has 33 heavy (non-hydrogen) atoms. The van der Waals surface area contributed by atoms with E-state index in [1.54, 1.807) is 6.07 Å². The summed E-state index contributed by atoms with van der Waals surface area (Å²) in [6.45, 7) is 13.5. The first-order valence-corrected chi connectivity index (χ1v) is 10.2. The van der Waals surface area contributed by atoms with Gasteiger partial charge in [0.15, 0.2) is 0 Å². The van der Waals surface area contributed by atoms with E-state index in [4.69, 9.17) is 14.2 Å². The Morgan fingerprint density at radius 2 is 1.64 bits per heavy atom. The molecule has 170 valence electrons. The summed E-state index contributed by atoms with van der Waals surface area (Å²) in [6.07, 6.45) is 1.26. The zero-order valence-electron chi connectivity index (χ0n) is 18.4. The van der Waals surface area contributed by atoms with Crippen molar-refractivity contribution in [2.75, 3.05) is 0 Å². The molecule has 0 aliphatic heterocycles. The fourth-order valence-electron chi connectivity index (χ4n) is 3.49. The van der Waals surface area contributed by atoms with E-state index in [0.717, 1.165) is 12.1 Å². The molecule has 0 saturated carbocycles. The molecule has 2 aromatic rings. The second kappa shape index (κ2) is 9.65. The third-order valence-corrected chi connectivity index (χ3v) is 5.06. The molecule has 1 atom stereocenters. The summed E-state index contributed by atoms with van der Waals surface area (Å²) in [4.78, 5) is 35.7. The minimum absolute atomic E-state index is 0.0469. The van der Waals surface area contributed by atoms with Crippen molar-refractivity contribution in [3.05, 3.63) is 84.2 Å². The summed E-state index contributed by atoms with van der Waals surface area (Å²) in [6, 6.07) is 7.25. The standard InChI is InChI=1S/C26H23FO6/c1-6-23(28)32-21-12-10-19-17(9-11-22(24(19)21)33-26(30)15(4)5)18-8-7-16(13-20(18)27)31-25(29)14(2)3/h6-9,11,13,21H,1-2,4,10,12H2,3,5H3. The maximum absolute atomic E-state index is 15.0. The number of esters is 3. The van der Waals surface area contributed by atoms with E-state index in [1.807, 2.05) is 0 Å². The van der Waals surface area contributed by atoms with Crippen LogP contribution < -0.4 is 9.47 Å². The molecule has 1 aliphatic carbocycles. The van der Waals surface area contributed by atoms with E-state index in [1.165, 1.54) is 32.0 Å². The van der Waals surface area contributed by atoms with Gasteiger partial charge in [0, 0.05) is 34.4 Å². The number of carbonyl (C=O) groups is 3. The van der Waals surface area contributed by atoms with E-state index in [0.29, 0.717) is 29.5 Å². The highest BCUT2D eigenvalue weighted by Crippen LogP contribution is 2.45. The summed E-state index contributed by atoms with van der Waals surface area (Å²) < 4.78 is 31.0. The van der Waals surface area contributed by atoms with Crippen LogP contribution in [-0.2, 0) is 25.5 Å². The van der Waals surface area contributed by atoms with Crippen LogP contribution in [0.5, 0.6) is 11.5 Å². The van der Waals surface area contributed by atoms with Crippen molar-refractivity contribution < 1.29 is 33.0 Å². The van der Waals surface area contributed by atoms with Gasteiger partial charge in [-0.15, -0.1) is 0 Å². The van der Waals surface area contributed by atoms with Gasteiger partial charge in [-0.25, -0.2) is 18.8 Å². The lowest BCUT2D eigenvalue weighted by atomic mass is 9.95. The van der Waals surface area contributed by atoms with Gasteiger partial charge in [0.1, 0.15) is 23.4 Å². The second-order valence-corrected chi connectivity index (χ2v) is 7.65. The monoisotopic (exact) mass is 450 g/mol. The van der Waals surface area contributed by atoms with E-state index in [2.05, 4.69) is 19.7 Å². The average molecular weight is 450 g/mol. The first-order valence-electron chi connectivity index (χ1n) is 10.2. The number of ether oxygens (including phenoxy) is 3. The number of benzene rings is 2. The molecule has 1 aliphatic rings. The predicted molar refractivity (Wildman–Crippen MR) is 120 cm³/mol. The highest BCUT2D eigenvalue weighted by molar-refractivity contribution is 5.90. The lowest BCUT2D eigenvalue weighted by Crippen LogP contribution is -2.13. The smallest absolute Gasteiger partial charge is 0.338 e. The molecule has 0 aromatic heterocycles. The fourth-order valence-corrected chi connectivity index (χ4v) is 3.49. The largest absolute Gasteiger partial charge is 0.454 e. The van der Waals surface area contributed by atoms with Crippen molar-refractivity contribution in [1.82, 2.24) is 0 Å². The summed E-state index contributed by atoms with van der Waals surface area (Å²) >= 11 is 0. The molecule has 6 nitrogen and oxygen atoms in total. The third-order valence-electron chi connectivity index (χ3n) is 5.06. The molecular weight excluding hydrogens is 427 g/mol. The van der Waals surface area contributed by atoms with E-state index in [-0.39, 0.29) is 28.2 Å². The minimum atomic E-state index is -0.683. The normalized spacial score (nSPS) is 14.1. The molecule has 1 unspecified atom stereocenters. The molecular formula is C26H23FO6. The molecule has 0 radical (unpaired) electrons. The second-order valence-electron chi connectivity index (χ2n) is 7.65. The van der Waals surface area contributed by atoms with Crippen LogP contribution in [0.1, 0.15) is 37.5 Å². The summed E-state index contributed by atoms with van der Waals surface area (Å²) in [5.41, 5.74) is 2.39. The Morgan fingerprint density at radius 3 is 2.24 bits per heavy atom. The van der Waals surface area contributed by atoms with Gasteiger partial charge in [-0.2, -0.15) is 0 Å². The number of halogens is 1. The zero-order valence-corrected chi connectivity index (χ0v) is 18.4. The Labute approximate surface area is 191 Å². The molecule has 0 amide bonds. The summed E-state index contributed by atoms with van der Waals surface area (Å²) in [5, 5.41) is 0. The Bertz CT molecular complexity index is 1190. The van der Waals surface area contributed by atoms with Gasteiger partial charge in [0.2, 0.25) is 0 Å². The molecule has 3 rings (SSSR count). The van der Waals surface area contributed by atoms with Crippen molar-refractivity contribution >= 4 is 17.9 Å². The van der Waals surface area contributed by atoms with E-state index in [9.17, 15) is 14.4 Å². The Balaban J connectivity index is 2.05. The highest BCUT2D eigenvalue weighted by atomic mass is 19.1. The van der Waals surface area contributed by atoms with Crippen LogP contribution in [0, 0.1) is 5.82 Å². The Morgan fingerprint density at radius 1 is 1.00 bits per heavy atom. The van der Waals surface area contributed by atoms with Crippen LogP contribution in [0.3, 0.4) is 0 Å². The molecule has 0 spiro atoms. The molecule has 2 aromatic carbocycles. The van der Waals surface area contributed by atoms with Crippen LogP contribution in [-0.4, -0.2) is 17.9 Å². The Hall–Kier alpha value is -4.00. The fraction of sp³-hybridized carbons (Fsp3) is 0.192. The van der Waals surface area contributed by atoms with Crippen molar-refractivity contribution in [3.63, 3.8) is 0 Å². The van der Waals surface area contributed by atoms with Crippen LogP contribution in [0.15, 0.2) is 67.3 Å². The topological polar surface area (TPSA) is 78.9 Å². The number of hydrogen-bond acceptors (Lipinski definition) is 6. The third kappa shape index (κ3) is 5.09. The van der Waals surface area contributed by atoms with Gasteiger partial charge < -0.3 is 14.2 Å². The molecule has 0 saturated heterocycles. The molecule has 0 bridgehead atoms. The van der Waals surface area contributed by atoms with Crippen molar-refractivity contribution in [3.8, 4) is 22.6 Å². The number of fused-ring (bicyclic) bond motifs is 1. The number of hydrogen-bond donors (Lipinski definition) is 0. The lowest BCUT2D eigenvalue weighted by Gasteiger charge is -2.18. The van der Waals surface area contributed by atoms with Crippen LogP contribution in [0.2, 0.25) is 0 Å².